The second-order valence-corrected chi connectivity index (χ2v) is 5.14. The molecule has 118 valence electrons. The maximum absolute atomic E-state index is 11.0. The van der Waals surface area contributed by atoms with Crippen LogP contribution < -0.4 is 10.1 Å². The van der Waals surface area contributed by atoms with Crippen molar-refractivity contribution in [3.05, 3.63) is 47.2 Å². The van der Waals surface area contributed by atoms with E-state index in [-0.39, 0.29) is 6.42 Å². The average molecular weight is 331 g/mol. The van der Waals surface area contributed by atoms with Gasteiger partial charge in [0.1, 0.15) is 23.0 Å². The molecule has 0 aliphatic carbocycles. The summed E-state index contributed by atoms with van der Waals surface area (Å²) in [7, 11) is 0. The summed E-state index contributed by atoms with van der Waals surface area (Å²) < 4.78 is 7.05. The van der Waals surface area contributed by atoms with Crippen molar-refractivity contribution in [3.8, 4) is 5.75 Å². The normalized spacial score (nSPS) is 10.7. The number of benzene rings is 1. The molecule has 0 fully saturated rings. The van der Waals surface area contributed by atoms with Gasteiger partial charge in [-0.15, -0.1) is 0 Å². The molecule has 0 atom stereocenters. The smallest absolute Gasteiger partial charge is 0.159 e. The quantitative estimate of drug-likeness (QED) is 0.555. The molecule has 2 heterocycles. The molecular weight excluding hydrogens is 316 g/mol. The standard InChI is InChI=1S/C16H15ClN4O2/c1-2-23-12-5-3-11(4-6-12)19-16-13(8-10-22)15(17)20-14-7-9-18-21(14)16/h3-7,9-10,19H,2,8H2,1H3. The Morgan fingerprint density at radius 3 is 2.78 bits per heavy atom. The van der Waals surface area contributed by atoms with Crippen LogP contribution in [-0.4, -0.2) is 27.5 Å². The van der Waals surface area contributed by atoms with Gasteiger partial charge in [-0.3, -0.25) is 0 Å². The summed E-state index contributed by atoms with van der Waals surface area (Å²) in [6.07, 6.45) is 2.58. The Bertz CT molecular complexity index is 830. The predicted molar refractivity (Wildman–Crippen MR) is 88.7 cm³/mol. The maximum atomic E-state index is 11.0. The first-order valence-corrected chi connectivity index (χ1v) is 7.56. The molecule has 6 nitrogen and oxygen atoms in total. The molecule has 7 heteroatoms. The number of carbonyl (C=O) groups is 1. The lowest BCUT2D eigenvalue weighted by molar-refractivity contribution is -0.107. The molecule has 0 saturated heterocycles. The van der Waals surface area contributed by atoms with Crippen LogP contribution in [0.3, 0.4) is 0 Å². The van der Waals surface area contributed by atoms with Gasteiger partial charge in [-0.25, -0.2) is 4.98 Å². The number of aldehydes is 1. The molecule has 0 saturated carbocycles. The minimum absolute atomic E-state index is 0.154. The van der Waals surface area contributed by atoms with E-state index in [2.05, 4.69) is 15.4 Å². The van der Waals surface area contributed by atoms with Crippen molar-refractivity contribution in [2.24, 2.45) is 0 Å². The van der Waals surface area contributed by atoms with Crippen LogP contribution in [0, 0.1) is 0 Å². The Balaban J connectivity index is 2.01. The van der Waals surface area contributed by atoms with Gasteiger partial charge in [-0.05, 0) is 31.2 Å². The van der Waals surface area contributed by atoms with Gasteiger partial charge in [-0.1, -0.05) is 11.6 Å². The summed E-state index contributed by atoms with van der Waals surface area (Å²) in [5, 5.41) is 7.79. The number of fused-ring (bicyclic) bond motifs is 1. The molecule has 0 bridgehead atoms. The van der Waals surface area contributed by atoms with E-state index in [1.54, 1.807) is 16.8 Å². The molecule has 1 N–H and O–H groups in total. The highest BCUT2D eigenvalue weighted by atomic mass is 35.5. The van der Waals surface area contributed by atoms with E-state index in [1.165, 1.54) is 0 Å². The number of hydrogen-bond donors (Lipinski definition) is 1. The Morgan fingerprint density at radius 2 is 2.09 bits per heavy atom. The van der Waals surface area contributed by atoms with Crippen LogP contribution >= 0.6 is 11.6 Å². The van der Waals surface area contributed by atoms with Gasteiger partial charge in [0.15, 0.2) is 5.65 Å². The first-order valence-electron chi connectivity index (χ1n) is 7.18. The van der Waals surface area contributed by atoms with Crippen LogP contribution in [0.15, 0.2) is 36.5 Å². The minimum atomic E-state index is 0.154. The predicted octanol–water partition coefficient (Wildman–Crippen LogP) is 3.27. The molecule has 0 unspecified atom stereocenters. The van der Waals surface area contributed by atoms with Crippen LogP contribution in [-0.2, 0) is 11.2 Å². The molecule has 3 rings (SSSR count). The summed E-state index contributed by atoms with van der Waals surface area (Å²) in [6, 6.07) is 9.27. The van der Waals surface area contributed by atoms with E-state index < -0.39 is 0 Å². The maximum Gasteiger partial charge on any atom is 0.159 e. The third kappa shape index (κ3) is 3.12. The first-order chi connectivity index (χ1) is 11.2. The van der Waals surface area contributed by atoms with Gasteiger partial charge >= 0.3 is 0 Å². The third-order valence-electron chi connectivity index (χ3n) is 3.30. The van der Waals surface area contributed by atoms with Crippen LogP contribution in [0.4, 0.5) is 11.5 Å². The second kappa shape index (κ2) is 6.66. The van der Waals surface area contributed by atoms with Crippen LogP contribution in [0.25, 0.3) is 5.65 Å². The monoisotopic (exact) mass is 330 g/mol. The van der Waals surface area contributed by atoms with Gasteiger partial charge in [-0.2, -0.15) is 9.61 Å². The van der Waals surface area contributed by atoms with Gasteiger partial charge in [0.25, 0.3) is 0 Å². The molecule has 0 spiro atoms. The van der Waals surface area contributed by atoms with Crippen molar-refractivity contribution in [3.63, 3.8) is 0 Å². The molecule has 0 amide bonds. The molecule has 0 aliphatic heterocycles. The summed E-state index contributed by atoms with van der Waals surface area (Å²) >= 11 is 6.21. The number of halogens is 1. The fourth-order valence-electron chi connectivity index (χ4n) is 2.28. The third-order valence-corrected chi connectivity index (χ3v) is 3.61. The summed E-state index contributed by atoms with van der Waals surface area (Å²) in [5.74, 6) is 1.42. The molecular formula is C16H15ClN4O2. The van der Waals surface area contributed by atoms with E-state index in [0.29, 0.717) is 28.8 Å². The molecule has 3 aromatic rings. The summed E-state index contributed by atoms with van der Waals surface area (Å²) in [6.45, 7) is 2.55. The highest BCUT2D eigenvalue weighted by molar-refractivity contribution is 6.30. The van der Waals surface area contributed by atoms with Crippen molar-refractivity contribution in [2.45, 2.75) is 13.3 Å². The highest BCUT2D eigenvalue weighted by Gasteiger charge is 2.14. The van der Waals surface area contributed by atoms with Crippen molar-refractivity contribution in [2.75, 3.05) is 11.9 Å². The number of rotatable bonds is 6. The zero-order chi connectivity index (χ0) is 16.2. The molecule has 0 aliphatic rings. The Labute approximate surface area is 138 Å². The van der Waals surface area contributed by atoms with Gasteiger partial charge in [0.2, 0.25) is 0 Å². The number of ether oxygens (including phenoxy) is 1. The zero-order valence-electron chi connectivity index (χ0n) is 12.5. The Hall–Kier alpha value is -2.60. The number of carbonyl (C=O) groups excluding carboxylic acids is 1. The van der Waals surface area contributed by atoms with Crippen LogP contribution in [0.2, 0.25) is 5.15 Å². The van der Waals surface area contributed by atoms with E-state index >= 15 is 0 Å². The summed E-state index contributed by atoms with van der Waals surface area (Å²) in [5.41, 5.74) is 2.05. The van der Waals surface area contributed by atoms with E-state index in [0.717, 1.165) is 17.7 Å². The van der Waals surface area contributed by atoms with Gasteiger partial charge in [0, 0.05) is 23.7 Å². The highest BCUT2D eigenvalue weighted by Crippen LogP contribution is 2.28. The lowest BCUT2D eigenvalue weighted by Gasteiger charge is -2.14. The van der Waals surface area contributed by atoms with Gasteiger partial charge in [0.05, 0.1) is 12.8 Å². The number of nitrogens with zero attached hydrogens (tertiary/aromatic N) is 3. The van der Waals surface area contributed by atoms with Crippen molar-refractivity contribution < 1.29 is 9.53 Å². The number of hydrogen-bond acceptors (Lipinski definition) is 5. The molecule has 2 aromatic heterocycles. The average Bonchev–Trinajstić information content (AvgIpc) is 3.01. The van der Waals surface area contributed by atoms with E-state index in [1.807, 2.05) is 31.2 Å². The van der Waals surface area contributed by atoms with Crippen LogP contribution in [0.1, 0.15) is 12.5 Å². The fraction of sp³-hybridized carbons (Fsp3) is 0.188. The minimum Gasteiger partial charge on any atom is -0.494 e. The Kier molecular flexibility index (Phi) is 4.43. The number of aromatic nitrogens is 3. The molecule has 0 radical (unpaired) electrons. The SMILES string of the molecule is CCOc1ccc(Nc2c(CC=O)c(Cl)nc3ccnn23)cc1. The van der Waals surface area contributed by atoms with Crippen LogP contribution in [0.5, 0.6) is 5.75 Å². The number of nitrogens with one attached hydrogen (secondary N) is 1. The first kappa shape index (κ1) is 15.3. The second-order valence-electron chi connectivity index (χ2n) is 4.78. The van der Waals surface area contributed by atoms with Crippen molar-refractivity contribution in [1.82, 2.24) is 14.6 Å². The van der Waals surface area contributed by atoms with Crippen molar-refractivity contribution in [1.29, 1.82) is 0 Å². The van der Waals surface area contributed by atoms with Gasteiger partial charge < -0.3 is 14.8 Å². The Morgan fingerprint density at radius 1 is 1.30 bits per heavy atom. The topological polar surface area (TPSA) is 68.5 Å². The zero-order valence-corrected chi connectivity index (χ0v) is 13.2. The summed E-state index contributed by atoms with van der Waals surface area (Å²) in [4.78, 5) is 15.2. The van der Waals surface area contributed by atoms with E-state index in [4.69, 9.17) is 16.3 Å². The molecule has 1 aromatic carbocycles. The fourth-order valence-corrected chi connectivity index (χ4v) is 2.53. The lowest BCUT2D eigenvalue weighted by atomic mass is 10.2. The molecule has 23 heavy (non-hydrogen) atoms. The lowest BCUT2D eigenvalue weighted by Crippen LogP contribution is -2.07. The van der Waals surface area contributed by atoms with Crippen molar-refractivity contribution >= 4 is 35.0 Å². The largest absolute Gasteiger partial charge is 0.494 e. The van der Waals surface area contributed by atoms with E-state index in [9.17, 15) is 4.79 Å². The number of anilines is 2.